The highest BCUT2D eigenvalue weighted by Crippen LogP contribution is 2.34. The number of likely N-dealkylation sites (N-methyl/N-ethyl adjacent to an activating group) is 1. The van der Waals surface area contributed by atoms with Crippen molar-refractivity contribution in [1.82, 2.24) is 20.9 Å². The highest BCUT2D eigenvalue weighted by molar-refractivity contribution is 6.06. The Morgan fingerprint density at radius 1 is 1.12 bits per heavy atom. The number of hydrogen-bond acceptors (Lipinski definition) is 12. The summed E-state index contributed by atoms with van der Waals surface area (Å²) in [5, 5.41) is 20.9. The van der Waals surface area contributed by atoms with E-state index in [-0.39, 0.29) is 66.1 Å². The highest BCUT2D eigenvalue weighted by Gasteiger charge is 2.38. The van der Waals surface area contributed by atoms with Crippen LogP contribution in [-0.4, -0.2) is 103 Å². The molecule has 3 atom stereocenters. The third kappa shape index (κ3) is 10.7. The number of imide groups is 1. The molecule has 0 spiro atoms. The van der Waals surface area contributed by atoms with Crippen LogP contribution in [0, 0.1) is 10.1 Å². The summed E-state index contributed by atoms with van der Waals surface area (Å²) in [6.07, 6.45) is 1.44. The van der Waals surface area contributed by atoms with Gasteiger partial charge < -0.3 is 35.5 Å². The van der Waals surface area contributed by atoms with Crippen LogP contribution < -0.4 is 31.2 Å². The number of nitro benzene ring substituents is 1. The summed E-state index contributed by atoms with van der Waals surface area (Å²) in [7, 11) is 3.31. The first kappa shape index (κ1) is 39.2. The molecule has 4 amide bonds. The van der Waals surface area contributed by atoms with Gasteiger partial charge in [0.1, 0.15) is 18.7 Å². The standard InChI is InChI=1S/C35H49N7O9/c1-35(2,3)51-34(46)40-15-14-38-26(19-40)18-31(43)42(5,20-23-9-12-29-30(16-23)50-22-49-29)21-25-11-10-24(17-28(25)41(47)48)32(44)39-33(45)27(37-4)8-6-7-13-36/h9-12,16-17,26-27,37-38H,6-8,13-15,18-22,36H2,1-5H3/p+1/t26?,27-,42?/m0/s1. The van der Waals surface area contributed by atoms with Gasteiger partial charge in [-0.25, -0.2) is 9.59 Å². The third-order valence-corrected chi connectivity index (χ3v) is 8.81. The van der Waals surface area contributed by atoms with Crippen LogP contribution in [0.4, 0.5) is 10.5 Å². The Labute approximate surface area is 297 Å². The number of unbranched alkanes of at least 4 members (excludes halogenated alkanes) is 1. The van der Waals surface area contributed by atoms with E-state index >= 15 is 0 Å². The number of benzene rings is 2. The molecule has 278 valence electrons. The number of nitrogens with two attached hydrogens (primary N) is 1. The van der Waals surface area contributed by atoms with Gasteiger partial charge in [-0.1, -0.05) is 6.42 Å². The average molecular weight is 713 g/mol. The maximum absolute atomic E-state index is 14.3. The molecule has 2 unspecified atom stereocenters. The van der Waals surface area contributed by atoms with Crippen molar-refractivity contribution < 1.29 is 42.8 Å². The molecule has 0 aliphatic carbocycles. The number of carbonyl (C=O) groups excluding carboxylic acids is 4. The summed E-state index contributed by atoms with van der Waals surface area (Å²) in [5.41, 5.74) is 5.41. The van der Waals surface area contributed by atoms with Gasteiger partial charge in [0.05, 0.1) is 30.0 Å². The van der Waals surface area contributed by atoms with Crippen LogP contribution >= 0.6 is 0 Å². The van der Waals surface area contributed by atoms with Gasteiger partial charge in [0.15, 0.2) is 11.5 Å². The van der Waals surface area contributed by atoms with Crippen molar-refractivity contribution in [2.45, 2.75) is 77.2 Å². The van der Waals surface area contributed by atoms with Crippen LogP contribution in [0.5, 0.6) is 11.5 Å². The second-order valence-corrected chi connectivity index (χ2v) is 14.1. The van der Waals surface area contributed by atoms with Gasteiger partial charge in [-0.05, 0) is 77.5 Å². The molecule has 2 aromatic carbocycles. The smallest absolute Gasteiger partial charge is 0.410 e. The largest absolute Gasteiger partial charge is 0.454 e. The first-order valence-corrected chi connectivity index (χ1v) is 17.1. The zero-order valence-electron chi connectivity index (χ0n) is 30.0. The number of nitro groups is 1. The van der Waals surface area contributed by atoms with E-state index in [0.717, 1.165) is 18.1 Å². The Morgan fingerprint density at radius 2 is 1.86 bits per heavy atom. The Hall–Kier alpha value is -4.64. The Balaban J connectivity index is 1.58. The van der Waals surface area contributed by atoms with Crippen LogP contribution in [-0.2, 0) is 27.4 Å². The van der Waals surface area contributed by atoms with Crippen LogP contribution in [0.1, 0.15) is 67.9 Å². The van der Waals surface area contributed by atoms with Crippen molar-refractivity contribution in [1.29, 1.82) is 0 Å². The molecule has 0 saturated carbocycles. The normalized spacial score (nSPS) is 17.3. The molecule has 1 fully saturated rings. The minimum absolute atomic E-state index is 0.0225. The number of rotatable bonds is 14. The molecule has 16 heteroatoms. The fourth-order valence-corrected chi connectivity index (χ4v) is 6.12. The van der Waals surface area contributed by atoms with Gasteiger partial charge in [-0.3, -0.25) is 29.5 Å². The molecule has 2 aliphatic rings. The van der Waals surface area contributed by atoms with Crippen molar-refractivity contribution in [2.75, 3.05) is 47.1 Å². The van der Waals surface area contributed by atoms with Crippen LogP contribution in [0.15, 0.2) is 36.4 Å². The summed E-state index contributed by atoms with van der Waals surface area (Å²) in [6, 6.07) is 8.30. The van der Waals surface area contributed by atoms with Crippen LogP contribution in [0.3, 0.4) is 0 Å². The highest BCUT2D eigenvalue weighted by atomic mass is 16.7. The molecule has 1 saturated heterocycles. The lowest BCUT2D eigenvalue weighted by molar-refractivity contribution is -0.862. The number of amides is 4. The lowest BCUT2D eigenvalue weighted by Crippen LogP contribution is -2.57. The number of piperazine rings is 1. The Morgan fingerprint density at radius 3 is 2.55 bits per heavy atom. The molecule has 0 bridgehead atoms. The number of quaternary nitrogens is 1. The number of hydrogen-bond donors (Lipinski definition) is 4. The number of nitrogens with one attached hydrogen (secondary N) is 3. The molecule has 2 heterocycles. The first-order chi connectivity index (χ1) is 24.1. The maximum Gasteiger partial charge on any atom is 0.410 e. The zero-order valence-corrected chi connectivity index (χ0v) is 30.0. The number of nitrogens with zero attached hydrogens (tertiary/aromatic N) is 3. The fraction of sp³-hybridized carbons (Fsp3) is 0.543. The summed E-state index contributed by atoms with van der Waals surface area (Å²) < 4.78 is 16.3. The molecule has 5 N–H and O–H groups in total. The summed E-state index contributed by atoms with van der Waals surface area (Å²) in [5.74, 6) is -0.450. The topological polar surface area (TPSA) is 204 Å². The van der Waals surface area contributed by atoms with E-state index in [1.165, 1.54) is 12.1 Å². The number of ether oxygens (including phenoxy) is 3. The second-order valence-electron chi connectivity index (χ2n) is 14.1. The predicted octanol–water partition coefficient (Wildman–Crippen LogP) is 2.57. The second kappa shape index (κ2) is 17.0. The van der Waals surface area contributed by atoms with E-state index < -0.39 is 34.5 Å². The minimum atomic E-state index is -0.777. The van der Waals surface area contributed by atoms with Gasteiger partial charge in [-0.2, -0.15) is 0 Å². The van der Waals surface area contributed by atoms with Crippen molar-refractivity contribution >= 4 is 29.5 Å². The molecular formula is C35H50N7O9+. The van der Waals surface area contributed by atoms with E-state index in [9.17, 15) is 29.3 Å². The minimum Gasteiger partial charge on any atom is -0.454 e. The molecule has 0 aromatic heterocycles. The van der Waals surface area contributed by atoms with Gasteiger partial charge >= 0.3 is 12.0 Å². The van der Waals surface area contributed by atoms with Crippen LogP contribution in [0.2, 0.25) is 0 Å². The van der Waals surface area contributed by atoms with Crippen molar-refractivity contribution in [2.24, 2.45) is 5.73 Å². The zero-order chi connectivity index (χ0) is 37.3. The first-order valence-electron chi connectivity index (χ1n) is 17.1. The van der Waals surface area contributed by atoms with E-state index in [0.29, 0.717) is 44.0 Å². The predicted molar refractivity (Wildman–Crippen MR) is 187 cm³/mol. The van der Waals surface area contributed by atoms with Gasteiger partial charge in [0, 0.05) is 42.9 Å². The molecule has 0 radical (unpaired) electrons. The lowest BCUT2D eigenvalue weighted by Gasteiger charge is -2.37. The quantitative estimate of drug-likeness (QED) is 0.0966. The average Bonchev–Trinajstić information content (AvgIpc) is 3.54. The molecule has 51 heavy (non-hydrogen) atoms. The SMILES string of the molecule is CN[C@@H](CCCCN)C(=O)NC(=O)c1ccc(C[N+](C)(Cc2ccc3c(c2)OCO3)C(=O)CC2CN(C(=O)OC(C)(C)C)CCN2)c([N+](=O)[O-])c1. The van der Waals surface area contributed by atoms with E-state index in [4.69, 9.17) is 19.9 Å². The van der Waals surface area contributed by atoms with E-state index in [1.807, 2.05) is 6.07 Å². The van der Waals surface area contributed by atoms with E-state index in [1.54, 1.807) is 51.9 Å². The summed E-state index contributed by atoms with van der Waals surface area (Å²) >= 11 is 0. The number of fused-ring (bicyclic) bond motifs is 1. The fourth-order valence-electron chi connectivity index (χ4n) is 6.12. The summed E-state index contributed by atoms with van der Waals surface area (Å²) in [6.45, 7) is 7.12. The summed E-state index contributed by atoms with van der Waals surface area (Å²) in [4.78, 5) is 66.3. The molecule has 2 aromatic rings. The van der Waals surface area contributed by atoms with Crippen LogP contribution in [0.25, 0.3) is 0 Å². The van der Waals surface area contributed by atoms with Gasteiger partial charge in [0.2, 0.25) is 12.7 Å². The van der Waals surface area contributed by atoms with E-state index in [2.05, 4.69) is 16.0 Å². The maximum atomic E-state index is 14.3. The van der Waals surface area contributed by atoms with Crippen molar-refractivity contribution in [3.63, 3.8) is 0 Å². The van der Waals surface area contributed by atoms with Crippen molar-refractivity contribution in [3.05, 3.63) is 63.2 Å². The third-order valence-electron chi connectivity index (χ3n) is 8.81. The molecular weight excluding hydrogens is 662 g/mol. The number of carbonyl (C=O) groups is 4. The Bertz CT molecular complexity index is 1610. The van der Waals surface area contributed by atoms with Crippen molar-refractivity contribution in [3.8, 4) is 11.5 Å². The molecule has 2 aliphatic heterocycles. The lowest BCUT2D eigenvalue weighted by atomic mass is 10.0. The Kier molecular flexibility index (Phi) is 13.1. The monoisotopic (exact) mass is 712 g/mol. The van der Waals surface area contributed by atoms with Gasteiger partial charge in [-0.15, -0.1) is 0 Å². The molecule has 4 rings (SSSR count). The molecule has 16 nitrogen and oxygen atoms in total. The van der Waals surface area contributed by atoms with Gasteiger partial charge in [0.25, 0.3) is 11.6 Å².